The molecule has 0 aromatic carbocycles. The second-order valence-corrected chi connectivity index (χ2v) is 8.31. The number of amides is 1. The van der Waals surface area contributed by atoms with Crippen LogP contribution in [0.2, 0.25) is 0 Å². The summed E-state index contributed by atoms with van der Waals surface area (Å²) in [5.74, 6) is 2.11. The molecule has 1 aliphatic heterocycles. The molecule has 6 heterocycles. The Morgan fingerprint density at radius 3 is 2.77 bits per heavy atom. The fourth-order valence-electron chi connectivity index (χ4n) is 4.09. The molecule has 6 rings (SSSR count). The number of aromatic nitrogens is 6. The van der Waals surface area contributed by atoms with E-state index < -0.39 is 0 Å². The van der Waals surface area contributed by atoms with Crippen LogP contribution in [-0.2, 0) is 11.3 Å². The van der Waals surface area contributed by atoms with Gasteiger partial charge in [0.1, 0.15) is 22.8 Å². The lowest BCUT2D eigenvalue weighted by molar-refractivity contribution is -0.128. The first-order chi connectivity index (χ1) is 17.1. The van der Waals surface area contributed by atoms with E-state index in [1.807, 2.05) is 35.2 Å². The first-order valence-corrected chi connectivity index (χ1v) is 11.3. The second kappa shape index (κ2) is 8.64. The van der Waals surface area contributed by atoms with Crippen molar-refractivity contribution in [3.05, 3.63) is 66.4 Å². The molecule has 0 radical (unpaired) electrons. The predicted molar refractivity (Wildman–Crippen MR) is 126 cm³/mol. The number of hydrogen-bond acceptors (Lipinski definition) is 8. The maximum Gasteiger partial charge on any atom is 0.223 e. The van der Waals surface area contributed by atoms with Crippen molar-refractivity contribution < 1.29 is 14.1 Å². The lowest BCUT2D eigenvalue weighted by atomic mass is 10.2. The molecule has 0 unspecified atom stereocenters. The van der Waals surface area contributed by atoms with E-state index in [1.54, 1.807) is 31.5 Å². The number of carbonyl (C=O) groups excluding carboxylic acids is 1. The fourth-order valence-corrected chi connectivity index (χ4v) is 4.09. The van der Waals surface area contributed by atoms with Gasteiger partial charge in [0.25, 0.3) is 0 Å². The number of nitrogens with one attached hydrogen (secondary N) is 1. The van der Waals surface area contributed by atoms with Crippen LogP contribution in [0.25, 0.3) is 33.9 Å². The van der Waals surface area contributed by atoms with Gasteiger partial charge in [0.05, 0.1) is 24.1 Å². The van der Waals surface area contributed by atoms with Crippen LogP contribution in [0, 0.1) is 6.92 Å². The normalized spacial score (nSPS) is 13.6. The molecular weight excluding hydrogens is 446 g/mol. The van der Waals surface area contributed by atoms with Crippen LogP contribution in [0.3, 0.4) is 0 Å². The van der Waals surface area contributed by atoms with E-state index >= 15 is 0 Å². The zero-order valence-electron chi connectivity index (χ0n) is 18.9. The van der Waals surface area contributed by atoms with Gasteiger partial charge in [-0.2, -0.15) is 4.98 Å². The number of carbonyl (C=O) groups is 1. The lowest BCUT2D eigenvalue weighted by Crippen LogP contribution is -2.24. The number of hydrogen-bond donors (Lipinski definition) is 1. The third-order valence-electron chi connectivity index (χ3n) is 5.82. The summed E-state index contributed by atoms with van der Waals surface area (Å²) in [6.45, 7) is 2.81. The number of aryl methyl sites for hydroxylation is 1. The van der Waals surface area contributed by atoms with Crippen molar-refractivity contribution in [1.82, 2.24) is 35.0 Å². The summed E-state index contributed by atoms with van der Waals surface area (Å²) in [7, 11) is 0. The van der Waals surface area contributed by atoms with E-state index in [9.17, 15) is 4.79 Å². The van der Waals surface area contributed by atoms with Crippen molar-refractivity contribution in [1.29, 1.82) is 0 Å². The molecule has 5 aromatic rings. The number of nitrogens with zero attached hydrogens (tertiary/aromatic N) is 6. The Morgan fingerprint density at radius 2 is 2.06 bits per heavy atom. The maximum atomic E-state index is 12.3. The zero-order chi connectivity index (χ0) is 23.8. The smallest absolute Gasteiger partial charge is 0.223 e. The van der Waals surface area contributed by atoms with Crippen molar-refractivity contribution in [3.8, 4) is 34.4 Å². The number of ether oxygens (including phenoxy) is 1. The van der Waals surface area contributed by atoms with Crippen molar-refractivity contribution in [3.63, 3.8) is 0 Å². The Bertz CT molecular complexity index is 1510. The number of rotatable bonds is 6. The molecule has 0 aliphatic carbocycles. The molecule has 35 heavy (non-hydrogen) atoms. The van der Waals surface area contributed by atoms with E-state index in [0.717, 1.165) is 23.2 Å². The molecule has 10 nitrogen and oxygen atoms in total. The van der Waals surface area contributed by atoms with Crippen LogP contribution >= 0.6 is 0 Å². The highest BCUT2D eigenvalue weighted by molar-refractivity contribution is 5.84. The Hall–Kier alpha value is -4.60. The molecule has 1 fully saturated rings. The molecule has 1 amide bonds. The SMILES string of the molecule is Cc1nc(-c2ccc(Oc3cc4cc(-c5ccccn5)[nH]c4nc3CN3CCCC3=O)cn2)no1. The Labute approximate surface area is 200 Å². The summed E-state index contributed by atoms with van der Waals surface area (Å²) in [6.07, 6.45) is 4.77. The highest BCUT2D eigenvalue weighted by atomic mass is 16.5. The summed E-state index contributed by atoms with van der Waals surface area (Å²) in [4.78, 5) is 35.3. The van der Waals surface area contributed by atoms with Crippen molar-refractivity contribution >= 4 is 16.9 Å². The van der Waals surface area contributed by atoms with E-state index in [4.69, 9.17) is 14.2 Å². The van der Waals surface area contributed by atoms with E-state index in [-0.39, 0.29) is 5.91 Å². The molecule has 0 bridgehead atoms. The molecule has 1 N–H and O–H groups in total. The summed E-state index contributed by atoms with van der Waals surface area (Å²) in [5, 5.41) is 4.77. The minimum Gasteiger partial charge on any atom is -0.454 e. The molecule has 0 saturated carbocycles. The van der Waals surface area contributed by atoms with Gasteiger partial charge in [-0.05, 0) is 42.8 Å². The Kier molecular flexibility index (Phi) is 5.17. The van der Waals surface area contributed by atoms with Gasteiger partial charge in [-0.1, -0.05) is 11.2 Å². The van der Waals surface area contributed by atoms with Gasteiger partial charge in [-0.25, -0.2) is 9.97 Å². The number of aromatic amines is 1. The summed E-state index contributed by atoms with van der Waals surface area (Å²) >= 11 is 0. The summed E-state index contributed by atoms with van der Waals surface area (Å²) in [5.41, 5.74) is 3.63. The monoisotopic (exact) mass is 467 g/mol. The Balaban J connectivity index is 1.35. The molecule has 5 aromatic heterocycles. The van der Waals surface area contributed by atoms with Crippen LogP contribution in [-0.4, -0.2) is 47.4 Å². The minimum atomic E-state index is 0.125. The zero-order valence-corrected chi connectivity index (χ0v) is 18.9. The average molecular weight is 467 g/mol. The summed E-state index contributed by atoms with van der Waals surface area (Å²) in [6, 6.07) is 13.2. The molecular formula is C25H21N7O3. The van der Waals surface area contributed by atoms with Gasteiger partial charge in [0.15, 0.2) is 5.75 Å². The quantitative estimate of drug-likeness (QED) is 0.392. The lowest BCUT2D eigenvalue weighted by Gasteiger charge is -2.17. The molecule has 10 heteroatoms. The van der Waals surface area contributed by atoms with Crippen LogP contribution in [0.15, 0.2) is 59.4 Å². The van der Waals surface area contributed by atoms with Crippen molar-refractivity contribution in [2.45, 2.75) is 26.3 Å². The number of fused-ring (bicyclic) bond motifs is 1. The first kappa shape index (κ1) is 21.0. The highest BCUT2D eigenvalue weighted by Gasteiger charge is 2.23. The predicted octanol–water partition coefficient (Wildman–Crippen LogP) is 4.29. The van der Waals surface area contributed by atoms with Gasteiger partial charge in [0, 0.05) is 31.5 Å². The highest BCUT2D eigenvalue weighted by Crippen LogP contribution is 2.32. The van der Waals surface area contributed by atoms with Crippen LogP contribution < -0.4 is 4.74 Å². The third kappa shape index (κ3) is 4.21. The van der Waals surface area contributed by atoms with E-state index in [2.05, 4.69) is 25.1 Å². The topological polar surface area (TPSA) is 123 Å². The van der Waals surface area contributed by atoms with E-state index in [0.29, 0.717) is 59.8 Å². The van der Waals surface area contributed by atoms with Crippen LogP contribution in [0.5, 0.6) is 11.5 Å². The molecule has 0 atom stereocenters. The average Bonchev–Trinajstić information content (AvgIpc) is 3.60. The second-order valence-electron chi connectivity index (χ2n) is 8.31. The minimum absolute atomic E-state index is 0.125. The number of likely N-dealkylation sites (tertiary alicyclic amines) is 1. The maximum absolute atomic E-state index is 12.3. The van der Waals surface area contributed by atoms with Gasteiger partial charge < -0.3 is 19.1 Å². The van der Waals surface area contributed by atoms with Crippen molar-refractivity contribution in [2.24, 2.45) is 0 Å². The number of H-pyrrole nitrogens is 1. The van der Waals surface area contributed by atoms with E-state index in [1.165, 1.54) is 0 Å². The molecule has 1 aliphatic rings. The van der Waals surface area contributed by atoms with Crippen molar-refractivity contribution in [2.75, 3.05) is 6.54 Å². The Morgan fingerprint density at radius 1 is 1.11 bits per heavy atom. The standard InChI is InChI=1S/C25H21N7O3/c1-15-28-25(31-35-15)19-8-7-17(13-27-19)34-22-12-16-11-20(18-5-2-3-9-26-18)29-24(16)30-21(22)14-32-10-4-6-23(32)33/h2-3,5,7-9,11-13H,4,6,10,14H2,1H3,(H,29,30). The van der Waals surface area contributed by atoms with Gasteiger partial charge in [0.2, 0.25) is 17.6 Å². The molecule has 174 valence electrons. The fraction of sp³-hybridized carbons (Fsp3) is 0.200. The van der Waals surface area contributed by atoms with Gasteiger partial charge >= 0.3 is 0 Å². The largest absolute Gasteiger partial charge is 0.454 e. The van der Waals surface area contributed by atoms with Crippen LogP contribution in [0.1, 0.15) is 24.4 Å². The first-order valence-electron chi connectivity index (χ1n) is 11.3. The number of pyridine rings is 3. The van der Waals surface area contributed by atoms with Gasteiger partial charge in [-0.3, -0.25) is 9.78 Å². The van der Waals surface area contributed by atoms with Crippen LogP contribution in [0.4, 0.5) is 0 Å². The molecule has 1 saturated heterocycles. The molecule has 0 spiro atoms. The third-order valence-corrected chi connectivity index (χ3v) is 5.82. The van der Waals surface area contributed by atoms with Gasteiger partial charge in [-0.15, -0.1) is 0 Å². The summed E-state index contributed by atoms with van der Waals surface area (Å²) < 4.78 is 11.2.